The van der Waals surface area contributed by atoms with Crippen LogP contribution in [0, 0.1) is 0 Å². The molecule has 0 fully saturated rings. The van der Waals surface area contributed by atoms with Gasteiger partial charge in [0.1, 0.15) is 9.84 Å². The van der Waals surface area contributed by atoms with Gasteiger partial charge in [0.05, 0.1) is 37.1 Å². The number of amides is 2. The molecule has 0 unspecified atom stereocenters. The average molecular weight is 447 g/mol. The van der Waals surface area contributed by atoms with Crippen LogP contribution in [-0.4, -0.2) is 57.4 Å². The number of methoxy groups -OCH3 is 2. The number of carbonyl (C=O) groups excluding carboxylic acids is 2. The lowest BCUT2D eigenvalue weighted by molar-refractivity contribution is 0.0598. The molecule has 1 aliphatic heterocycles. The first kappa shape index (κ1) is 22.6. The van der Waals surface area contributed by atoms with Crippen molar-refractivity contribution in [2.45, 2.75) is 25.9 Å². The number of anilines is 1. The summed E-state index contributed by atoms with van der Waals surface area (Å²) >= 11 is 0. The quantitative estimate of drug-likeness (QED) is 0.622. The Morgan fingerprint density at radius 2 is 1.68 bits per heavy atom. The zero-order chi connectivity index (χ0) is 22.9. The molecule has 2 amide bonds. The maximum absolute atomic E-state index is 13.4. The molecular formula is C22H26N2O6S. The Labute approximate surface area is 182 Å². The summed E-state index contributed by atoms with van der Waals surface area (Å²) in [5.41, 5.74) is 1.49. The fourth-order valence-corrected chi connectivity index (χ4v) is 4.60. The average Bonchev–Trinajstić information content (AvgIpc) is 2.96. The van der Waals surface area contributed by atoms with Crippen molar-refractivity contribution in [1.29, 1.82) is 0 Å². The Morgan fingerprint density at radius 3 is 2.26 bits per heavy atom. The van der Waals surface area contributed by atoms with Crippen LogP contribution in [0.3, 0.4) is 0 Å². The maximum Gasteiger partial charge on any atom is 0.264 e. The summed E-state index contributed by atoms with van der Waals surface area (Å²) in [4.78, 5) is 27.7. The molecule has 0 aromatic heterocycles. The number of hydrogen-bond acceptors (Lipinski definition) is 7. The molecule has 0 aliphatic carbocycles. The van der Waals surface area contributed by atoms with Gasteiger partial charge in [-0.25, -0.2) is 8.42 Å². The third kappa shape index (κ3) is 4.51. The first-order chi connectivity index (χ1) is 14.6. The molecule has 0 saturated heterocycles. The number of rotatable bonds is 8. The summed E-state index contributed by atoms with van der Waals surface area (Å²) in [6.07, 6.45) is 1.07. The second kappa shape index (κ2) is 8.58. The number of hydrogen-bond donors (Lipinski definition) is 1. The lowest BCUT2D eigenvalue weighted by Gasteiger charge is -2.26. The third-order valence-electron chi connectivity index (χ3n) is 4.96. The Morgan fingerprint density at radius 1 is 1.00 bits per heavy atom. The fraction of sp³-hybridized carbons (Fsp3) is 0.364. The molecule has 1 atom stereocenters. The van der Waals surface area contributed by atoms with Crippen LogP contribution in [0.1, 0.15) is 46.2 Å². The van der Waals surface area contributed by atoms with E-state index in [0.717, 1.165) is 11.2 Å². The second-order valence-corrected chi connectivity index (χ2v) is 9.91. The van der Waals surface area contributed by atoms with E-state index in [1.54, 1.807) is 36.4 Å². The largest absolute Gasteiger partial charge is 0.493 e. The Balaban J connectivity index is 2.13. The Hall–Kier alpha value is -3.07. The van der Waals surface area contributed by atoms with Crippen molar-refractivity contribution in [3.63, 3.8) is 0 Å². The van der Waals surface area contributed by atoms with Crippen LogP contribution in [0.5, 0.6) is 11.5 Å². The van der Waals surface area contributed by atoms with Crippen LogP contribution >= 0.6 is 0 Å². The molecule has 0 bridgehead atoms. The monoisotopic (exact) mass is 446 g/mol. The summed E-state index contributed by atoms with van der Waals surface area (Å²) in [5.74, 6) is -0.656. The first-order valence-corrected chi connectivity index (χ1v) is 11.8. The molecule has 8 nitrogen and oxygen atoms in total. The van der Waals surface area contributed by atoms with Crippen molar-refractivity contribution in [2.75, 3.05) is 31.5 Å². The highest BCUT2D eigenvalue weighted by atomic mass is 32.2. The SMILES string of the molecule is COc1ccc([C@@H](CS(C)(=O)=O)N2C(=O)c3cccc(NC(C)C)c3C2=O)cc1OC. The van der Waals surface area contributed by atoms with E-state index >= 15 is 0 Å². The molecule has 2 aromatic carbocycles. The number of nitrogens with one attached hydrogen (secondary N) is 1. The number of nitrogens with zero attached hydrogens (tertiary/aromatic N) is 1. The van der Waals surface area contributed by atoms with Gasteiger partial charge in [0.25, 0.3) is 11.8 Å². The summed E-state index contributed by atoms with van der Waals surface area (Å²) in [6.45, 7) is 3.85. The van der Waals surface area contributed by atoms with Crippen LogP contribution in [0.25, 0.3) is 0 Å². The van der Waals surface area contributed by atoms with Crippen LogP contribution in [0.2, 0.25) is 0 Å². The number of imide groups is 1. The van der Waals surface area contributed by atoms with Crippen LogP contribution in [0.4, 0.5) is 5.69 Å². The molecular weight excluding hydrogens is 420 g/mol. The molecule has 2 aromatic rings. The summed E-state index contributed by atoms with van der Waals surface area (Å²) < 4.78 is 35.0. The molecule has 1 aliphatic rings. The zero-order valence-electron chi connectivity index (χ0n) is 18.1. The highest BCUT2D eigenvalue weighted by Gasteiger charge is 2.43. The number of fused-ring (bicyclic) bond motifs is 1. The minimum Gasteiger partial charge on any atom is -0.493 e. The Bertz CT molecular complexity index is 1130. The lowest BCUT2D eigenvalue weighted by Crippen LogP contribution is -2.37. The van der Waals surface area contributed by atoms with Gasteiger partial charge in [0, 0.05) is 18.0 Å². The molecule has 9 heteroatoms. The van der Waals surface area contributed by atoms with Gasteiger partial charge >= 0.3 is 0 Å². The minimum atomic E-state index is -3.54. The van der Waals surface area contributed by atoms with Gasteiger partial charge in [-0.2, -0.15) is 0 Å². The van der Waals surface area contributed by atoms with E-state index in [0.29, 0.717) is 22.7 Å². The van der Waals surface area contributed by atoms with Crippen LogP contribution < -0.4 is 14.8 Å². The molecule has 1 N–H and O–H groups in total. The Kier molecular flexibility index (Phi) is 6.26. The van der Waals surface area contributed by atoms with Crippen molar-refractivity contribution >= 4 is 27.3 Å². The van der Waals surface area contributed by atoms with Crippen molar-refractivity contribution in [2.24, 2.45) is 0 Å². The smallest absolute Gasteiger partial charge is 0.264 e. The molecule has 1 heterocycles. The van der Waals surface area contributed by atoms with Gasteiger partial charge in [-0.05, 0) is 43.7 Å². The first-order valence-electron chi connectivity index (χ1n) is 9.74. The van der Waals surface area contributed by atoms with Gasteiger partial charge < -0.3 is 14.8 Å². The number of sulfone groups is 1. The van der Waals surface area contributed by atoms with E-state index in [4.69, 9.17) is 9.47 Å². The van der Waals surface area contributed by atoms with Crippen molar-refractivity contribution in [3.05, 3.63) is 53.1 Å². The summed E-state index contributed by atoms with van der Waals surface area (Å²) in [6, 6.07) is 8.87. The second-order valence-electron chi connectivity index (χ2n) is 7.73. The van der Waals surface area contributed by atoms with E-state index in [9.17, 15) is 18.0 Å². The van der Waals surface area contributed by atoms with Crippen molar-refractivity contribution in [1.82, 2.24) is 4.90 Å². The molecule has 3 rings (SSSR count). The van der Waals surface area contributed by atoms with Crippen LogP contribution in [0.15, 0.2) is 36.4 Å². The number of ether oxygens (including phenoxy) is 2. The van der Waals surface area contributed by atoms with E-state index in [1.165, 1.54) is 14.2 Å². The van der Waals surface area contributed by atoms with E-state index < -0.39 is 33.4 Å². The highest BCUT2D eigenvalue weighted by Crippen LogP contribution is 2.38. The summed E-state index contributed by atoms with van der Waals surface area (Å²) in [5, 5.41) is 3.18. The minimum absolute atomic E-state index is 0.0427. The van der Waals surface area contributed by atoms with Gasteiger partial charge in [0.15, 0.2) is 11.5 Å². The predicted molar refractivity (Wildman–Crippen MR) is 118 cm³/mol. The van der Waals surface area contributed by atoms with Gasteiger partial charge in [0.2, 0.25) is 0 Å². The van der Waals surface area contributed by atoms with E-state index in [-0.39, 0.29) is 17.2 Å². The van der Waals surface area contributed by atoms with Gasteiger partial charge in [-0.3, -0.25) is 14.5 Å². The standard InChI is InChI=1S/C22H26N2O6S/c1-13(2)23-16-8-6-7-15-20(16)22(26)24(21(15)25)17(12-31(5,27)28)14-9-10-18(29-3)19(11-14)30-4/h6-11,13,17,23H,12H2,1-5H3/t17-/m1/s1. The normalized spacial score (nSPS) is 14.6. The zero-order valence-corrected chi connectivity index (χ0v) is 18.9. The van der Waals surface area contributed by atoms with Crippen molar-refractivity contribution < 1.29 is 27.5 Å². The highest BCUT2D eigenvalue weighted by molar-refractivity contribution is 7.90. The predicted octanol–water partition coefficient (Wildman–Crippen LogP) is 2.91. The molecule has 166 valence electrons. The molecule has 0 radical (unpaired) electrons. The van der Waals surface area contributed by atoms with Gasteiger partial charge in [-0.15, -0.1) is 0 Å². The maximum atomic E-state index is 13.4. The van der Waals surface area contributed by atoms with Gasteiger partial charge in [-0.1, -0.05) is 12.1 Å². The van der Waals surface area contributed by atoms with E-state index in [2.05, 4.69) is 5.32 Å². The number of benzene rings is 2. The van der Waals surface area contributed by atoms with Crippen molar-refractivity contribution in [3.8, 4) is 11.5 Å². The summed E-state index contributed by atoms with van der Waals surface area (Å²) in [7, 11) is -0.599. The van der Waals surface area contributed by atoms with Crippen LogP contribution in [-0.2, 0) is 9.84 Å². The molecule has 31 heavy (non-hydrogen) atoms. The third-order valence-corrected chi connectivity index (χ3v) is 5.88. The van der Waals surface area contributed by atoms with E-state index in [1.807, 2.05) is 13.8 Å². The number of carbonyl (C=O) groups is 2. The molecule has 0 spiro atoms. The molecule has 0 saturated carbocycles. The lowest BCUT2D eigenvalue weighted by atomic mass is 10.1. The fourth-order valence-electron chi connectivity index (χ4n) is 3.68. The topological polar surface area (TPSA) is 102 Å².